The first-order valence-corrected chi connectivity index (χ1v) is 0. The van der Waals surface area contributed by atoms with Crippen molar-refractivity contribution in [3.63, 3.8) is 0 Å². The van der Waals surface area contributed by atoms with E-state index in [0.29, 0.717) is 0 Å². The largest absolute Gasteiger partial charge is 3.00 e. The van der Waals surface area contributed by atoms with Crippen LogP contribution in [0.15, 0.2) is 0 Å². The van der Waals surface area contributed by atoms with Crippen molar-refractivity contribution in [2.45, 2.75) is 0 Å². The summed E-state index contributed by atoms with van der Waals surface area (Å²) in [6.45, 7) is 0. The first kappa shape index (κ1) is 177. The second-order valence-corrected chi connectivity index (χ2v) is 0. The Bertz CT molecular complexity index is 8.49. The van der Waals surface area contributed by atoms with Crippen LogP contribution in [0.3, 0.4) is 0 Å². The number of rotatable bonds is 0. The topological polar surface area (TPSA) is 180 Å². The molecule has 50 valence electrons. The summed E-state index contributed by atoms with van der Waals surface area (Å²) in [5.41, 5.74) is 0. The first-order valence-electron chi connectivity index (χ1n) is 0. The van der Waals surface area contributed by atoms with Crippen LogP contribution in [0.2, 0.25) is 0 Å². The molecule has 0 aromatic heterocycles. The van der Waals surface area contributed by atoms with Gasteiger partial charge in [-0.25, -0.2) is 0 Å². The maximum atomic E-state index is 0. The molecule has 0 aromatic rings. The Morgan fingerprint density at radius 1 is 0.375 bits per heavy atom. The van der Waals surface area contributed by atoms with E-state index in [9.17, 15) is 0 Å². The molecule has 6 N–H and O–H groups in total. The Morgan fingerprint density at radius 2 is 0.375 bits per heavy atom. The van der Waals surface area contributed by atoms with Crippen molar-refractivity contribution in [1.29, 1.82) is 0 Å². The average molecular weight is 263 g/mol. The van der Waals surface area contributed by atoms with Crippen LogP contribution in [0.4, 0.5) is 0 Å². The van der Waals surface area contributed by atoms with Crippen LogP contribution in [-0.2, 0) is 0 Å². The van der Waals surface area contributed by atoms with Crippen LogP contribution in [-0.4, -0.2) is 57.3 Å². The Morgan fingerprint density at radius 3 is 0.375 bits per heavy atom. The zero-order valence-corrected chi connectivity index (χ0v) is 9.81. The molecule has 0 aromatic carbocycles. The van der Waals surface area contributed by atoms with Crippen LogP contribution in [0.5, 0.6) is 0 Å². The minimum Gasteiger partial charge on any atom is -0.870 e. The van der Waals surface area contributed by atoms with Gasteiger partial charge in [-0.3, -0.25) is 0 Å². The van der Waals surface area contributed by atoms with Gasteiger partial charge >= 0.3 is 75.8 Å². The van der Waals surface area contributed by atoms with Crippen molar-refractivity contribution in [3.05, 3.63) is 0 Å². The molecule has 0 unspecified atom stereocenters. The van der Waals surface area contributed by atoms with E-state index in [1.54, 1.807) is 0 Å². The van der Waals surface area contributed by atoms with E-state index in [0.717, 1.165) is 0 Å². The fraction of sp³-hybridized carbons (Fsp3) is 0. The van der Waals surface area contributed by atoms with Crippen LogP contribution in [0.25, 0.3) is 0 Å². The van der Waals surface area contributed by atoms with E-state index in [-0.39, 0.29) is 109 Å². The van der Waals surface area contributed by atoms with Gasteiger partial charge in [-0.2, -0.15) is 0 Å². The third-order valence-electron chi connectivity index (χ3n) is 0. The molecule has 0 aliphatic carbocycles. The van der Waals surface area contributed by atoms with Gasteiger partial charge in [-0.05, 0) is 0 Å². The number of hydrogen-bond donors (Lipinski definition) is 0. The molecule has 0 heterocycles. The maximum absolute atomic E-state index is 0. The minimum atomic E-state index is 0. The predicted octanol–water partition coefficient (Wildman–Crippen LogP) is -4.44. The smallest absolute Gasteiger partial charge is 0.870 e. The average Bonchev–Trinajstić information content (AvgIpc) is 0. The maximum Gasteiger partial charge on any atom is 3.00 e. The van der Waals surface area contributed by atoms with E-state index in [1.165, 1.54) is 0 Å². The third kappa shape index (κ3) is 87.2. The molecule has 8 heteroatoms. The Kier molecular flexibility index (Phi) is 2800. The standard InChI is InChI=1S/K.6H2O.Sb/h;6*1H2;/q+1;;;;;;;+3/p-6. The Labute approximate surface area is 107 Å². The Hall–Kier alpha value is 2.21. The molecule has 0 rings (SSSR count). The molecule has 0 aliphatic rings. The molecule has 2 radical (unpaired) electrons. The van der Waals surface area contributed by atoms with Gasteiger partial charge < -0.3 is 32.9 Å². The van der Waals surface area contributed by atoms with Crippen molar-refractivity contribution in [1.82, 2.24) is 0 Å². The van der Waals surface area contributed by atoms with Crippen molar-refractivity contribution < 1.29 is 84.2 Å². The summed E-state index contributed by atoms with van der Waals surface area (Å²) < 4.78 is 0. The molecule has 8 heavy (non-hydrogen) atoms. The first-order chi connectivity index (χ1) is 0. The molecule has 0 bridgehead atoms. The molecule has 6 nitrogen and oxygen atoms in total. The Balaban J connectivity index is 0. The molecule has 0 atom stereocenters. The van der Waals surface area contributed by atoms with Crippen molar-refractivity contribution >= 4 is 24.4 Å². The molecule has 0 saturated heterocycles. The van der Waals surface area contributed by atoms with Gasteiger partial charge in [-0.15, -0.1) is 0 Å². The van der Waals surface area contributed by atoms with Crippen molar-refractivity contribution in [3.8, 4) is 0 Å². The van der Waals surface area contributed by atoms with Crippen molar-refractivity contribution in [2.24, 2.45) is 0 Å². The van der Waals surface area contributed by atoms with Crippen LogP contribution in [0.1, 0.15) is 0 Å². The van der Waals surface area contributed by atoms with Crippen molar-refractivity contribution in [2.75, 3.05) is 0 Å². The van der Waals surface area contributed by atoms with E-state index >= 15 is 0 Å². The molecular weight excluding hydrogens is 257 g/mol. The normalized spacial score (nSPS) is 0. The third-order valence-corrected chi connectivity index (χ3v) is 0. The molecule has 0 saturated carbocycles. The summed E-state index contributed by atoms with van der Waals surface area (Å²) in [5.74, 6) is 0. The molecule has 0 aliphatic heterocycles. The van der Waals surface area contributed by atoms with Crippen LogP contribution >= 0.6 is 0 Å². The summed E-state index contributed by atoms with van der Waals surface area (Å²) in [7, 11) is 0. The zero-order valence-electron chi connectivity index (χ0n) is 4.13. The van der Waals surface area contributed by atoms with Gasteiger partial charge in [0.05, 0.1) is 0 Å². The summed E-state index contributed by atoms with van der Waals surface area (Å²) in [6.07, 6.45) is 0. The number of hydrogen-bond acceptors (Lipinski definition) is 6. The molecule has 0 spiro atoms. The van der Waals surface area contributed by atoms with Gasteiger partial charge in [-0.1, -0.05) is 0 Å². The van der Waals surface area contributed by atoms with Crippen LogP contribution < -0.4 is 51.4 Å². The van der Waals surface area contributed by atoms with E-state index < -0.39 is 0 Å². The van der Waals surface area contributed by atoms with Gasteiger partial charge in [0.15, 0.2) is 0 Å². The summed E-state index contributed by atoms with van der Waals surface area (Å²) in [4.78, 5) is 0. The summed E-state index contributed by atoms with van der Waals surface area (Å²) in [5, 5.41) is 0. The summed E-state index contributed by atoms with van der Waals surface area (Å²) >= 11 is 0. The van der Waals surface area contributed by atoms with E-state index in [2.05, 4.69) is 0 Å². The van der Waals surface area contributed by atoms with E-state index in [4.69, 9.17) is 0 Å². The van der Waals surface area contributed by atoms with Gasteiger partial charge in [0.2, 0.25) is 0 Å². The predicted molar refractivity (Wildman–Crippen MR) is 17.4 cm³/mol. The second kappa shape index (κ2) is 127. The zero-order chi connectivity index (χ0) is 0. The van der Waals surface area contributed by atoms with Gasteiger partial charge in [0, 0.05) is 0 Å². The molecule has 0 fully saturated rings. The van der Waals surface area contributed by atoms with E-state index in [1.807, 2.05) is 0 Å². The minimum absolute atomic E-state index is 0. The van der Waals surface area contributed by atoms with Crippen LogP contribution in [0, 0.1) is 0 Å². The monoisotopic (exact) mass is 262 g/mol. The summed E-state index contributed by atoms with van der Waals surface area (Å²) in [6, 6.07) is 0. The van der Waals surface area contributed by atoms with Gasteiger partial charge in [0.1, 0.15) is 0 Å². The SMILES string of the molecule is [K+].[OH-].[OH-].[OH-].[OH-].[OH-].[OH-].[Sb+3]. The quantitative estimate of drug-likeness (QED) is 0.397. The fourth-order valence-electron chi connectivity index (χ4n) is 0. The molecule has 0 amide bonds. The second-order valence-electron chi connectivity index (χ2n) is 0. The fourth-order valence-corrected chi connectivity index (χ4v) is 0. The van der Waals surface area contributed by atoms with Gasteiger partial charge in [0.25, 0.3) is 0 Å². The molecular formula is H6KO6Sb-2.